The Bertz CT molecular complexity index is 868. The van der Waals surface area contributed by atoms with E-state index < -0.39 is 16.0 Å². The zero-order chi connectivity index (χ0) is 23.1. The van der Waals surface area contributed by atoms with E-state index in [9.17, 15) is 18.0 Å². The van der Waals surface area contributed by atoms with Crippen LogP contribution in [0.1, 0.15) is 75.1 Å². The van der Waals surface area contributed by atoms with Gasteiger partial charge in [-0.3, -0.25) is 4.79 Å². The normalized spacial score (nSPS) is 19.7. The molecule has 0 spiro atoms. The van der Waals surface area contributed by atoms with Gasteiger partial charge >= 0.3 is 5.97 Å². The molecule has 0 bridgehead atoms. The van der Waals surface area contributed by atoms with E-state index >= 15 is 0 Å². The van der Waals surface area contributed by atoms with Crippen molar-refractivity contribution >= 4 is 21.9 Å². The SMILES string of the molecule is CCOC(=O)c1ccc(S(=O)(=O)N2CCC(C(=O)N(C)C3CCCCCCC3)CC2)cc1. The highest BCUT2D eigenvalue weighted by Gasteiger charge is 2.34. The smallest absolute Gasteiger partial charge is 0.338 e. The van der Waals surface area contributed by atoms with Gasteiger partial charge in [0.05, 0.1) is 17.1 Å². The Hall–Kier alpha value is -1.93. The topological polar surface area (TPSA) is 84.0 Å². The minimum absolute atomic E-state index is 0.122. The molecular weight excluding hydrogens is 428 g/mol. The Morgan fingerprint density at radius 2 is 1.53 bits per heavy atom. The highest BCUT2D eigenvalue weighted by Crippen LogP contribution is 2.28. The average molecular weight is 465 g/mol. The Morgan fingerprint density at radius 1 is 0.969 bits per heavy atom. The van der Waals surface area contributed by atoms with E-state index in [4.69, 9.17) is 4.74 Å². The minimum atomic E-state index is -3.66. The van der Waals surface area contributed by atoms with Gasteiger partial charge in [0.1, 0.15) is 0 Å². The minimum Gasteiger partial charge on any atom is -0.462 e. The monoisotopic (exact) mass is 464 g/mol. The van der Waals surface area contributed by atoms with E-state index in [-0.39, 0.29) is 23.3 Å². The van der Waals surface area contributed by atoms with Gasteiger partial charge in [-0.25, -0.2) is 13.2 Å². The van der Waals surface area contributed by atoms with Crippen molar-refractivity contribution in [2.24, 2.45) is 5.92 Å². The molecule has 1 saturated heterocycles. The van der Waals surface area contributed by atoms with Crippen LogP contribution >= 0.6 is 0 Å². The zero-order valence-electron chi connectivity index (χ0n) is 19.3. The second kappa shape index (κ2) is 11.3. The molecule has 1 aliphatic heterocycles. The summed E-state index contributed by atoms with van der Waals surface area (Å²) in [5.74, 6) is -0.432. The van der Waals surface area contributed by atoms with Crippen molar-refractivity contribution < 1.29 is 22.7 Å². The first-order chi connectivity index (χ1) is 15.3. The fourth-order valence-electron chi connectivity index (χ4n) is 4.76. The fourth-order valence-corrected chi connectivity index (χ4v) is 6.23. The number of sulfonamides is 1. The summed E-state index contributed by atoms with van der Waals surface area (Å²) in [5.41, 5.74) is 0.326. The second-order valence-electron chi connectivity index (χ2n) is 8.87. The van der Waals surface area contributed by atoms with Gasteiger partial charge < -0.3 is 9.64 Å². The summed E-state index contributed by atoms with van der Waals surface area (Å²) in [6, 6.07) is 6.15. The van der Waals surface area contributed by atoms with Crippen LogP contribution in [-0.4, -0.2) is 62.3 Å². The highest BCUT2D eigenvalue weighted by molar-refractivity contribution is 7.89. The van der Waals surface area contributed by atoms with E-state index in [1.165, 1.54) is 60.7 Å². The molecule has 1 heterocycles. The Balaban J connectivity index is 1.58. The van der Waals surface area contributed by atoms with Gasteiger partial charge in [0.2, 0.25) is 15.9 Å². The molecule has 7 nitrogen and oxygen atoms in total. The molecule has 1 amide bonds. The molecule has 3 rings (SSSR count). The average Bonchev–Trinajstić information content (AvgIpc) is 2.78. The molecule has 8 heteroatoms. The van der Waals surface area contributed by atoms with Gasteiger partial charge in [-0.15, -0.1) is 0 Å². The summed E-state index contributed by atoms with van der Waals surface area (Å²) >= 11 is 0. The number of carbonyl (C=O) groups is 2. The summed E-state index contributed by atoms with van der Waals surface area (Å²) in [6.45, 7) is 2.65. The molecule has 0 aromatic heterocycles. The zero-order valence-corrected chi connectivity index (χ0v) is 20.1. The summed E-state index contributed by atoms with van der Waals surface area (Å²) in [4.78, 5) is 27.0. The number of carbonyl (C=O) groups excluding carboxylic acids is 2. The molecule has 1 aliphatic carbocycles. The van der Waals surface area contributed by atoms with Crippen molar-refractivity contribution in [3.8, 4) is 0 Å². The number of hydrogen-bond donors (Lipinski definition) is 0. The maximum atomic E-state index is 13.1. The number of rotatable bonds is 6. The standard InChI is InChI=1S/C24H36N2O5S/c1-3-31-24(28)20-11-13-22(14-12-20)32(29,30)26-17-15-19(16-18-26)23(27)25(2)21-9-7-5-4-6-8-10-21/h11-14,19,21H,3-10,15-18H2,1-2H3. The van der Waals surface area contributed by atoms with Crippen LogP contribution < -0.4 is 0 Å². The summed E-state index contributed by atoms with van der Waals surface area (Å²) in [6.07, 6.45) is 9.34. The molecule has 2 fully saturated rings. The Kier molecular flexibility index (Phi) is 8.71. The summed E-state index contributed by atoms with van der Waals surface area (Å²) in [7, 11) is -1.74. The van der Waals surface area contributed by atoms with Crippen LogP contribution in [0, 0.1) is 5.92 Å². The van der Waals surface area contributed by atoms with Crippen LogP contribution in [0.5, 0.6) is 0 Å². The van der Waals surface area contributed by atoms with Crippen molar-refractivity contribution in [3.05, 3.63) is 29.8 Å². The molecular formula is C24H36N2O5S. The number of amides is 1. The first-order valence-electron chi connectivity index (χ1n) is 11.9. The lowest BCUT2D eigenvalue weighted by molar-refractivity contribution is -0.138. The first-order valence-corrected chi connectivity index (χ1v) is 13.3. The second-order valence-corrected chi connectivity index (χ2v) is 10.8. The molecule has 1 aromatic rings. The quantitative estimate of drug-likeness (QED) is 0.598. The maximum absolute atomic E-state index is 13.1. The number of ether oxygens (including phenoxy) is 1. The number of nitrogens with zero attached hydrogens (tertiary/aromatic N) is 2. The van der Waals surface area contributed by atoms with Crippen molar-refractivity contribution in [1.29, 1.82) is 0 Å². The van der Waals surface area contributed by atoms with E-state index in [0.717, 1.165) is 12.8 Å². The van der Waals surface area contributed by atoms with E-state index in [1.54, 1.807) is 6.92 Å². The molecule has 0 unspecified atom stereocenters. The fraction of sp³-hybridized carbons (Fsp3) is 0.667. The van der Waals surface area contributed by atoms with E-state index in [1.807, 2.05) is 11.9 Å². The summed E-state index contributed by atoms with van der Waals surface area (Å²) in [5, 5.41) is 0. The third-order valence-corrected chi connectivity index (χ3v) is 8.69. The number of piperidine rings is 1. The first kappa shape index (κ1) is 24.7. The van der Waals surface area contributed by atoms with Crippen LogP contribution in [0.3, 0.4) is 0 Å². The molecule has 0 N–H and O–H groups in total. The molecule has 0 atom stereocenters. The van der Waals surface area contributed by atoms with Crippen molar-refractivity contribution in [2.45, 2.75) is 75.6 Å². The predicted molar refractivity (Wildman–Crippen MR) is 123 cm³/mol. The van der Waals surface area contributed by atoms with Crippen molar-refractivity contribution in [2.75, 3.05) is 26.7 Å². The van der Waals surface area contributed by atoms with E-state index in [2.05, 4.69) is 0 Å². The molecule has 2 aliphatic rings. The number of benzene rings is 1. The molecule has 1 saturated carbocycles. The third kappa shape index (κ3) is 5.90. The van der Waals surface area contributed by atoms with Crippen molar-refractivity contribution in [3.63, 3.8) is 0 Å². The lowest BCUT2D eigenvalue weighted by Crippen LogP contribution is -2.46. The number of esters is 1. The predicted octanol–water partition coefficient (Wildman–Crippen LogP) is 3.84. The Morgan fingerprint density at radius 3 is 2.09 bits per heavy atom. The Labute approximate surface area is 192 Å². The molecule has 32 heavy (non-hydrogen) atoms. The highest BCUT2D eigenvalue weighted by atomic mass is 32.2. The lowest BCUT2D eigenvalue weighted by atomic mass is 9.92. The van der Waals surface area contributed by atoms with Crippen LogP contribution in [0.25, 0.3) is 0 Å². The lowest BCUT2D eigenvalue weighted by Gasteiger charge is -2.36. The molecule has 0 radical (unpaired) electrons. The van der Waals surface area contributed by atoms with Crippen LogP contribution in [-0.2, 0) is 19.6 Å². The van der Waals surface area contributed by atoms with Crippen LogP contribution in [0.2, 0.25) is 0 Å². The van der Waals surface area contributed by atoms with E-state index in [0.29, 0.717) is 37.5 Å². The third-order valence-electron chi connectivity index (χ3n) is 6.78. The molecule has 178 valence electrons. The van der Waals surface area contributed by atoms with Crippen LogP contribution in [0.4, 0.5) is 0 Å². The molecule has 1 aromatic carbocycles. The van der Waals surface area contributed by atoms with Crippen LogP contribution in [0.15, 0.2) is 29.2 Å². The number of hydrogen-bond acceptors (Lipinski definition) is 5. The van der Waals surface area contributed by atoms with Gasteiger partial charge in [0.25, 0.3) is 0 Å². The van der Waals surface area contributed by atoms with Crippen molar-refractivity contribution in [1.82, 2.24) is 9.21 Å². The van der Waals surface area contributed by atoms with Gasteiger partial charge in [0, 0.05) is 32.1 Å². The van der Waals surface area contributed by atoms with Gasteiger partial charge in [-0.05, 0) is 56.9 Å². The maximum Gasteiger partial charge on any atom is 0.338 e. The van der Waals surface area contributed by atoms with Gasteiger partial charge in [0.15, 0.2) is 0 Å². The van der Waals surface area contributed by atoms with Gasteiger partial charge in [-0.1, -0.05) is 32.1 Å². The van der Waals surface area contributed by atoms with Gasteiger partial charge in [-0.2, -0.15) is 4.31 Å². The largest absolute Gasteiger partial charge is 0.462 e. The summed E-state index contributed by atoms with van der Waals surface area (Å²) < 4.78 is 32.5.